The van der Waals surface area contributed by atoms with Crippen LogP contribution in [0.1, 0.15) is 5.56 Å². The molecule has 22 heavy (non-hydrogen) atoms. The first-order chi connectivity index (χ1) is 10.2. The van der Waals surface area contributed by atoms with Crippen LogP contribution in [-0.4, -0.2) is 29.8 Å². The number of carbonyl (C=O) groups is 1. The van der Waals surface area contributed by atoms with Crippen molar-refractivity contribution in [1.29, 1.82) is 0 Å². The van der Waals surface area contributed by atoms with Gasteiger partial charge < -0.3 is 10.1 Å². The average Bonchev–Trinajstić information content (AvgIpc) is 2.46. The molecule has 1 aromatic heterocycles. The fraction of sp³-hybridized carbons (Fsp3) is 0.231. The van der Waals surface area contributed by atoms with Crippen LogP contribution >= 0.6 is 11.6 Å². The SMILES string of the molecule is COC(=O)C1(C(F)(F)F)NC(c2cccnc2)=C(F)C=C1Cl. The quantitative estimate of drug-likeness (QED) is 0.666. The highest BCUT2D eigenvalue weighted by Gasteiger charge is 2.65. The fourth-order valence-corrected chi connectivity index (χ4v) is 2.27. The molecule has 1 aromatic rings. The molecule has 0 amide bonds. The number of methoxy groups -OCH3 is 1. The van der Waals surface area contributed by atoms with Crippen LogP contribution in [0.2, 0.25) is 0 Å². The Morgan fingerprint density at radius 2 is 2.14 bits per heavy atom. The van der Waals surface area contributed by atoms with Crippen LogP contribution in [0.25, 0.3) is 5.70 Å². The van der Waals surface area contributed by atoms with Gasteiger partial charge in [0.2, 0.25) is 0 Å². The van der Waals surface area contributed by atoms with Gasteiger partial charge in [-0.1, -0.05) is 11.6 Å². The maximum atomic E-state index is 14.0. The number of esters is 1. The Morgan fingerprint density at radius 1 is 1.45 bits per heavy atom. The van der Waals surface area contributed by atoms with Crippen LogP contribution in [0.5, 0.6) is 0 Å². The van der Waals surface area contributed by atoms with Gasteiger partial charge in [-0.15, -0.1) is 0 Å². The van der Waals surface area contributed by atoms with E-state index in [1.165, 1.54) is 18.3 Å². The van der Waals surface area contributed by atoms with E-state index >= 15 is 0 Å². The van der Waals surface area contributed by atoms with Crippen molar-refractivity contribution in [3.63, 3.8) is 0 Å². The Morgan fingerprint density at radius 3 is 2.64 bits per heavy atom. The molecule has 2 heterocycles. The number of ether oxygens (including phenoxy) is 1. The summed E-state index contributed by atoms with van der Waals surface area (Å²) in [7, 11) is 0.778. The normalized spacial score (nSPS) is 22.0. The number of allylic oxidation sites excluding steroid dienone is 2. The van der Waals surface area contributed by atoms with Gasteiger partial charge in [0.15, 0.2) is 0 Å². The number of halogens is 5. The predicted octanol–water partition coefficient (Wildman–Crippen LogP) is 2.92. The standard InChI is InChI=1S/C13H9ClF4N2O2/c1-22-11(21)12(13(16,17)18)9(14)5-8(15)10(20-12)7-3-2-4-19-6-7/h2-6,20H,1H3. The highest BCUT2D eigenvalue weighted by atomic mass is 35.5. The fourth-order valence-electron chi connectivity index (χ4n) is 1.94. The van der Waals surface area contributed by atoms with E-state index in [4.69, 9.17) is 11.6 Å². The Labute approximate surface area is 127 Å². The Bertz CT molecular complexity index is 658. The molecule has 1 aliphatic rings. The molecule has 1 N–H and O–H groups in total. The molecule has 0 saturated carbocycles. The molecule has 1 aliphatic heterocycles. The molecule has 1 atom stereocenters. The topological polar surface area (TPSA) is 51.2 Å². The molecule has 0 spiro atoms. The lowest BCUT2D eigenvalue weighted by atomic mass is 9.92. The molecule has 0 radical (unpaired) electrons. The molecule has 1 unspecified atom stereocenters. The van der Waals surface area contributed by atoms with E-state index in [1.54, 1.807) is 0 Å². The summed E-state index contributed by atoms with van der Waals surface area (Å²) in [6.45, 7) is 0. The van der Waals surface area contributed by atoms with Crippen molar-refractivity contribution in [2.45, 2.75) is 11.7 Å². The smallest absolute Gasteiger partial charge is 0.427 e. The third-order valence-corrected chi connectivity index (χ3v) is 3.42. The van der Waals surface area contributed by atoms with Crippen LogP contribution in [0.3, 0.4) is 0 Å². The first-order valence-electron chi connectivity index (χ1n) is 5.85. The summed E-state index contributed by atoms with van der Waals surface area (Å²) in [5, 5.41) is 0.766. The summed E-state index contributed by atoms with van der Waals surface area (Å²) in [4.78, 5) is 15.4. The first-order valence-corrected chi connectivity index (χ1v) is 6.23. The number of hydrogen-bond donors (Lipinski definition) is 1. The average molecular weight is 337 g/mol. The molecule has 0 bridgehead atoms. The maximum absolute atomic E-state index is 14.0. The second-order valence-corrected chi connectivity index (χ2v) is 4.73. The molecule has 0 aromatic carbocycles. The van der Waals surface area contributed by atoms with Crippen molar-refractivity contribution < 1.29 is 27.1 Å². The van der Waals surface area contributed by atoms with Crippen LogP contribution < -0.4 is 5.32 Å². The van der Waals surface area contributed by atoms with Crippen molar-refractivity contribution >= 4 is 23.3 Å². The number of hydrogen-bond acceptors (Lipinski definition) is 4. The van der Waals surface area contributed by atoms with E-state index in [0.717, 1.165) is 13.3 Å². The van der Waals surface area contributed by atoms with Gasteiger partial charge in [0, 0.05) is 18.0 Å². The third kappa shape index (κ3) is 2.43. The van der Waals surface area contributed by atoms with Crippen LogP contribution in [0.4, 0.5) is 17.6 Å². The number of nitrogens with one attached hydrogen (secondary N) is 1. The van der Waals surface area contributed by atoms with Gasteiger partial charge in [-0.2, -0.15) is 13.2 Å². The van der Waals surface area contributed by atoms with Crippen molar-refractivity contribution in [2.24, 2.45) is 0 Å². The number of carbonyl (C=O) groups excluding carboxylic acids is 1. The maximum Gasteiger partial charge on any atom is 0.427 e. The number of aromatic nitrogens is 1. The first kappa shape index (κ1) is 16.3. The Kier molecular flexibility index (Phi) is 4.15. The largest absolute Gasteiger partial charge is 0.467 e. The molecule has 2 rings (SSSR count). The van der Waals surface area contributed by atoms with Crippen LogP contribution in [-0.2, 0) is 9.53 Å². The number of alkyl halides is 3. The van der Waals surface area contributed by atoms with Crippen LogP contribution in [0.15, 0.2) is 41.5 Å². The molecular formula is C13H9ClF4N2O2. The van der Waals surface area contributed by atoms with E-state index in [9.17, 15) is 22.4 Å². The minimum absolute atomic E-state index is 0.0259. The number of dihydropyridines is 1. The Hall–Kier alpha value is -2.09. The van der Waals surface area contributed by atoms with Gasteiger partial charge in [-0.25, -0.2) is 9.18 Å². The Balaban J connectivity index is 2.63. The number of rotatable bonds is 2. The molecule has 0 fully saturated rings. The molecular weight excluding hydrogens is 328 g/mol. The second kappa shape index (κ2) is 5.60. The van der Waals surface area contributed by atoms with E-state index in [2.05, 4.69) is 9.72 Å². The van der Waals surface area contributed by atoms with Crippen molar-refractivity contribution in [1.82, 2.24) is 10.3 Å². The predicted molar refractivity (Wildman–Crippen MR) is 70.1 cm³/mol. The molecule has 0 aliphatic carbocycles. The number of pyridine rings is 1. The van der Waals surface area contributed by atoms with Crippen molar-refractivity contribution in [3.8, 4) is 0 Å². The van der Waals surface area contributed by atoms with E-state index in [1.807, 2.05) is 5.32 Å². The van der Waals surface area contributed by atoms with Gasteiger partial charge >= 0.3 is 12.1 Å². The zero-order valence-corrected chi connectivity index (χ0v) is 11.8. The van der Waals surface area contributed by atoms with Gasteiger partial charge in [0.25, 0.3) is 5.54 Å². The van der Waals surface area contributed by atoms with Gasteiger partial charge in [-0.05, 0) is 18.2 Å². The zero-order chi connectivity index (χ0) is 16.5. The molecule has 4 nitrogen and oxygen atoms in total. The summed E-state index contributed by atoms with van der Waals surface area (Å²) in [6.07, 6.45) is -2.20. The van der Waals surface area contributed by atoms with E-state index in [-0.39, 0.29) is 5.56 Å². The van der Waals surface area contributed by atoms with Gasteiger partial charge in [0.1, 0.15) is 5.83 Å². The highest BCUT2D eigenvalue weighted by Crippen LogP contribution is 2.44. The van der Waals surface area contributed by atoms with Gasteiger partial charge in [0.05, 0.1) is 17.8 Å². The lowest BCUT2D eigenvalue weighted by Gasteiger charge is -2.37. The summed E-state index contributed by atoms with van der Waals surface area (Å²) in [5.41, 5.74) is -3.90. The summed E-state index contributed by atoms with van der Waals surface area (Å²) in [6, 6.07) is 2.74. The number of nitrogens with zero attached hydrogens (tertiary/aromatic N) is 1. The summed E-state index contributed by atoms with van der Waals surface area (Å²) >= 11 is 5.53. The van der Waals surface area contributed by atoms with Gasteiger partial charge in [-0.3, -0.25) is 4.98 Å². The lowest BCUT2D eigenvalue weighted by molar-refractivity contribution is -0.199. The third-order valence-electron chi connectivity index (χ3n) is 3.03. The molecule has 118 valence electrons. The molecule has 9 heteroatoms. The summed E-state index contributed by atoms with van der Waals surface area (Å²) < 4.78 is 58.5. The second-order valence-electron chi connectivity index (χ2n) is 4.32. The van der Waals surface area contributed by atoms with Crippen LogP contribution in [0, 0.1) is 0 Å². The lowest BCUT2D eigenvalue weighted by Crippen LogP contribution is -2.63. The molecule has 0 saturated heterocycles. The van der Waals surface area contributed by atoms with Crippen molar-refractivity contribution in [2.75, 3.05) is 7.11 Å². The summed E-state index contributed by atoms with van der Waals surface area (Å²) in [5.74, 6) is -2.75. The van der Waals surface area contributed by atoms with Crippen molar-refractivity contribution in [3.05, 3.63) is 47.0 Å². The minimum Gasteiger partial charge on any atom is -0.467 e. The highest BCUT2D eigenvalue weighted by molar-refractivity contribution is 6.33. The van der Waals surface area contributed by atoms with E-state index in [0.29, 0.717) is 6.08 Å². The van der Waals surface area contributed by atoms with E-state index < -0.39 is 34.2 Å². The zero-order valence-electron chi connectivity index (χ0n) is 11.0. The monoisotopic (exact) mass is 336 g/mol. The minimum atomic E-state index is -5.15.